The van der Waals surface area contributed by atoms with Gasteiger partial charge in [0, 0.05) is 26.1 Å². The minimum absolute atomic E-state index is 0.0520. The van der Waals surface area contributed by atoms with Gasteiger partial charge in [0.1, 0.15) is 0 Å². The summed E-state index contributed by atoms with van der Waals surface area (Å²) in [6, 6.07) is 3.64. The number of nitrogens with one attached hydrogen (secondary N) is 1. The molecule has 0 aliphatic carbocycles. The molecule has 0 spiro atoms. The van der Waals surface area contributed by atoms with E-state index in [0.29, 0.717) is 31.6 Å². The van der Waals surface area contributed by atoms with E-state index in [4.69, 9.17) is 0 Å². The van der Waals surface area contributed by atoms with Gasteiger partial charge in [-0.25, -0.2) is 21.9 Å². The number of aryl methyl sites for hydroxylation is 1. The Morgan fingerprint density at radius 2 is 2.08 bits per heavy atom. The highest BCUT2D eigenvalue weighted by Gasteiger charge is 2.24. The van der Waals surface area contributed by atoms with Gasteiger partial charge in [-0.3, -0.25) is 4.79 Å². The molecule has 134 valence electrons. The van der Waals surface area contributed by atoms with Crippen LogP contribution in [0.1, 0.15) is 24.8 Å². The van der Waals surface area contributed by atoms with E-state index >= 15 is 0 Å². The molecule has 1 N–H and O–H groups in total. The van der Waals surface area contributed by atoms with E-state index in [0.717, 1.165) is 31.2 Å². The van der Waals surface area contributed by atoms with Crippen LogP contribution >= 0.6 is 0 Å². The van der Waals surface area contributed by atoms with Crippen molar-refractivity contribution < 1.29 is 22.0 Å². The Hall–Kier alpha value is -1.54. The quantitative estimate of drug-likeness (QED) is 0.839. The lowest BCUT2D eigenvalue weighted by molar-refractivity contribution is -0.132. The number of sulfonamides is 1. The molecule has 1 aromatic carbocycles. The van der Waals surface area contributed by atoms with Crippen LogP contribution in [0.4, 0.5) is 8.78 Å². The Morgan fingerprint density at radius 3 is 2.75 bits per heavy atom. The van der Waals surface area contributed by atoms with E-state index in [1.54, 1.807) is 4.90 Å². The zero-order chi connectivity index (χ0) is 17.7. The molecule has 5 nitrogen and oxygen atoms in total. The number of halogens is 2. The summed E-state index contributed by atoms with van der Waals surface area (Å²) in [5.74, 6) is -1.77. The number of hydrogen-bond donors (Lipinski definition) is 1. The number of benzene rings is 1. The van der Waals surface area contributed by atoms with Crippen LogP contribution in [0.2, 0.25) is 0 Å². The average Bonchev–Trinajstić information content (AvgIpc) is 2.53. The third-order valence-corrected chi connectivity index (χ3v) is 4.81. The first-order chi connectivity index (χ1) is 11.2. The van der Waals surface area contributed by atoms with Crippen LogP contribution in [0.15, 0.2) is 18.2 Å². The van der Waals surface area contributed by atoms with Crippen molar-refractivity contribution >= 4 is 15.9 Å². The lowest BCUT2D eigenvalue weighted by Crippen LogP contribution is -2.43. The van der Waals surface area contributed by atoms with E-state index in [1.165, 1.54) is 6.07 Å². The van der Waals surface area contributed by atoms with Crippen LogP contribution in [0.25, 0.3) is 0 Å². The van der Waals surface area contributed by atoms with Crippen molar-refractivity contribution in [2.45, 2.75) is 25.7 Å². The van der Waals surface area contributed by atoms with Gasteiger partial charge in [-0.05, 0) is 42.9 Å². The second kappa shape index (κ2) is 8.02. The normalized spacial score (nSPS) is 18.6. The van der Waals surface area contributed by atoms with E-state index in [2.05, 4.69) is 4.72 Å². The van der Waals surface area contributed by atoms with Crippen LogP contribution in [0.5, 0.6) is 0 Å². The first kappa shape index (κ1) is 18.8. The Labute approximate surface area is 141 Å². The van der Waals surface area contributed by atoms with Crippen molar-refractivity contribution in [3.05, 3.63) is 35.4 Å². The van der Waals surface area contributed by atoms with Crippen LogP contribution in [0.3, 0.4) is 0 Å². The number of nitrogens with zero attached hydrogens (tertiary/aromatic N) is 1. The predicted octanol–water partition coefficient (Wildman–Crippen LogP) is 1.69. The van der Waals surface area contributed by atoms with Crippen molar-refractivity contribution in [2.24, 2.45) is 5.92 Å². The molecule has 0 radical (unpaired) electrons. The maximum atomic E-state index is 13.2. The largest absolute Gasteiger partial charge is 0.342 e. The van der Waals surface area contributed by atoms with Gasteiger partial charge in [0.2, 0.25) is 15.9 Å². The fourth-order valence-electron chi connectivity index (χ4n) is 2.83. The number of carbonyl (C=O) groups excluding carboxylic acids is 1. The van der Waals surface area contributed by atoms with Crippen molar-refractivity contribution in [3.63, 3.8) is 0 Å². The van der Waals surface area contributed by atoms with E-state index in [1.807, 2.05) is 0 Å². The average molecular weight is 360 g/mol. The molecule has 1 heterocycles. The summed E-state index contributed by atoms with van der Waals surface area (Å²) in [6.45, 7) is 1.48. The second-order valence-corrected chi connectivity index (χ2v) is 8.05. The van der Waals surface area contributed by atoms with Gasteiger partial charge >= 0.3 is 0 Å². The summed E-state index contributed by atoms with van der Waals surface area (Å²) < 4.78 is 50.8. The standard InChI is InChI=1S/C16H22F2N2O3S/c1-24(22,23)19-10-13-3-2-8-20(11-13)16(21)7-5-12-4-6-14(17)15(18)9-12/h4,6,9,13,19H,2-3,5,7-8,10-11H2,1H3. The number of rotatable bonds is 6. The highest BCUT2D eigenvalue weighted by atomic mass is 32.2. The van der Waals surface area contributed by atoms with Gasteiger partial charge in [0.15, 0.2) is 11.6 Å². The van der Waals surface area contributed by atoms with Gasteiger partial charge in [-0.2, -0.15) is 0 Å². The predicted molar refractivity (Wildman–Crippen MR) is 86.8 cm³/mol. The molecule has 24 heavy (non-hydrogen) atoms. The molecule has 1 aromatic rings. The lowest BCUT2D eigenvalue weighted by Gasteiger charge is -2.33. The van der Waals surface area contributed by atoms with Crippen LogP contribution in [-0.2, 0) is 21.2 Å². The minimum atomic E-state index is -3.23. The molecule has 1 saturated heterocycles. The first-order valence-corrected chi connectivity index (χ1v) is 9.80. The smallest absolute Gasteiger partial charge is 0.222 e. The van der Waals surface area contributed by atoms with Crippen LogP contribution in [0, 0.1) is 17.6 Å². The third kappa shape index (κ3) is 5.83. The zero-order valence-electron chi connectivity index (χ0n) is 13.6. The van der Waals surface area contributed by atoms with Crippen molar-refractivity contribution in [3.8, 4) is 0 Å². The monoisotopic (exact) mass is 360 g/mol. The number of carbonyl (C=O) groups is 1. The van der Waals surface area contributed by atoms with E-state index < -0.39 is 21.7 Å². The van der Waals surface area contributed by atoms with E-state index in [9.17, 15) is 22.0 Å². The second-order valence-electron chi connectivity index (χ2n) is 6.22. The molecule has 8 heteroatoms. The lowest BCUT2D eigenvalue weighted by atomic mass is 9.97. The van der Waals surface area contributed by atoms with Gasteiger partial charge < -0.3 is 4.90 Å². The fourth-order valence-corrected chi connectivity index (χ4v) is 3.37. The minimum Gasteiger partial charge on any atom is -0.342 e. The SMILES string of the molecule is CS(=O)(=O)NCC1CCCN(C(=O)CCc2ccc(F)c(F)c2)C1. The number of amides is 1. The highest BCUT2D eigenvalue weighted by molar-refractivity contribution is 7.88. The van der Waals surface area contributed by atoms with Crippen molar-refractivity contribution in [1.82, 2.24) is 9.62 Å². The Morgan fingerprint density at radius 1 is 1.33 bits per heavy atom. The molecular formula is C16H22F2N2O3S. The summed E-state index contributed by atoms with van der Waals surface area (Å²) >= 11 is 0. The van der Waals surface area contributed by atoms with Crippen molar-refractivity contribution in [1.29, 1.82) is 0 Å². The molecule has 2 rings (SSSR count). The van der Waals surface area contributed by atoms with Crippen LogP contribution < -0.4 is 4.72 Å². The molecule has 0 saturated carbocycles. The number of piperidine rings is 1. The number of hydrogen-bond acceptors (Lipinski definition) is 3. The van der Waals surface area contributed by atoms with Gasteiger partial charge in [0.25, 0.3) is 0 Å². The molecule has 0 bridgehead atoms. The number of likely N-dealkylation sites (tertiary alicyclic amines) is 1. The summed E-state index contributed by atoms with van der Waals surface area (Å²) in [5, 5.41) is 0. The Bertz CT molecular complexity index is 695. The molecule has 0 aromatic heterocycles. The fraction of sp³-hybridized carbons (Fsp3) is 0.562. The van der Waals surface area contributed by atoms with Crippen LogP contribution in [-0.4, -0.2) is 45.1 Å². The van der Waals surface area contributed by atoms with E-state index in [-0.39, 0.29) is 18.2 Å². The molecule has 1 unspecified atom stereocenters. The molecule has 1 aliphatic heterocycles. The third-order valence-electron chi connectivity index (χ3n) is 4.12. The maximum absolute atomic E-state index is 13.2. The summed E-state index contributed by atoms with van der Waals surface area (Å²) in [4.78, 5) is 14.0. The molecular weight excluding hydrogens is 338 g/mol. The van der Waals surface area contributed by atoms with Gasteiger partial charge in [-0.1, -0.05) is 6.07 Å². The first-order valence-electron chi connectivity index (χ1n) is 7.91. The van der Waals surface area contributed by atoms with Gasteiger partial charge in [0.05, 0.1) is 6.26 Å². The summed E-state index contributed by atoms with van der Waals surface area (Å²) in [7, 11) is -3.23. The van der Waals surface area contributed by atoms with Crippen molar-refractivity contribution in [2.75, 3.05) is 25.9 Å². The molecule has 1 fully saturated rings. The zero-order valence-corrected chi connectivity index (χ0v) is 14.4. The topological polar surface area (TPSA) is 66.5 Å². The summed E-state index contributed by atoms with van der Waals surface area (Å²) in [6.07, 6.45) is 3.37. The molecule has 1 aliphatic rings. The molecule has 1 atom stereocenters. The summed E-state index contributed by atoms with van der Waals surface area (Å²) in [5.41, 5.74) is 0.578. The highest BCUT2D eigenvalue weighted by Crippen LogP contribution is 2.18. The Kier molecular flexibility index (Phi) is 6.28. The molecule has 1 amide bonds. The maximum Gasteiger partial charge on any atom is 0.222 e. The van der Waals surface area contributed by atoms with Gasteiger partial charge in [-0.15, -0.1) is 0 Å². The Balaban J connectivity index is 1.84.